The number of benzene rings is 1. The monoisotopic (exact) mass is 258 g/mol. The number of aliphatic hydroxyl groups excluding tert-OH is 1. The highest BCUT2D eigenvalue weighted by atomic mass is 19.1. The van der Waals surface area contributed by atoms with Crippen molar-refractivity contribution in [3.05, 3.63) is 34.9 Å². The second-order valence-electron chi connectivity index (χ2n) is 5.14. The molecule has 1 N–H and O–H groups in total. The number of hydrogen-bond donors (Lipinski definition) is 1. The number of rotatable bonds is 5. The predicted molar refractivity (Wildman–Crippen MR) is 66.4 cm³/mol. The Kier molecular flexibility index (Phi) is 4.82. The summed E-state index contributed by atoms with van der Waals surface area (Å²) in [4.78, 5) is 0. The summed E-state index contributed by atoms with van der Waals surface area (Å²) in [5.74, 6) is -1.30. The fourth-order valence-corrected chi connectivity index (χ4v) is 1.68. The van der Waals surface area contributed by atoms with Crippen LogP contribution in [0.4, 0.5) is 8.78 Å². The predicted octanol–water partition coefficient (Wildman–Crippen LogP) is 3.51. The van der Waals surface area contributed by atoms with Gasteiger partial charge in [0.15, 0.2) is 0 Å². The van der Waals surface area contributed by atoms with E-state index >= 15 is 0 Å². The maximum absolute atomic E-state index is 13.6. The average Bonchev–Trinajstić information content (AvgIpc) is 2.31. The van der Waals surface area contributed by atoms with Crippen molar-refractivity contribution in [1.82, 2.24) is 0 Å². The van der Waals surface area contributed by atoms with Gasteiger partial charge in [0.2, 0.25) is 0 Å². The average molecular weight is 258 g/mol. The molecule has 1 unspecified atom stereocenters. The molecule has 0 saturated heterocycles. The lowest BCUT2D eigenvalue weighted by Crippen LogP contribution is -2.23. The van der Waals surface area contributed by atoms with Gasteiger partial charge < -0.3 is 9.84 Å². The molecule has 18 heavy (non-hydrogen) atoms. The molecule has 0 fully saturated rings. The maximum Gasteiger partial charge on any atom is 0.131 e. The van der Waals surface area contributed by atoms with Crippen LogP contribution in [0.25, 0.3) is 0 Å². The van der Waals surface area contributed by atoms with Gasteiger partial charge in [0.1, 0.15) is 11.6 Å². The molecule has 1 rings (SSSR count). The minimum atomic E-state index is -0.946. The van der Waals surface area contributed by atoms with Gasteiger partial charge in [0.05, 0.1) is 11.7 Å². The van der Waals surface area contributed by atoms with E-state index in [1.54, 1.807) is 14.0 Å². The van der Waals surface area contributed by atoms with Crippen molar-refractivity contribution in [3.8, 4) is 0 Å². The zero-order chi connectivity index (χ0) is 13.9. The molecule has 1 aromatic carbocycles. The fraction of sp³-hybridized carbons (Fsp3) is 0.571. The van der Waals surface area contributed by atoms with E-state index in [-0.39, 0.29) is 11.2 Å². The summed E-state index contributed by atoms with van der Waals surface area (Å²) in [5.41, 5.74) is 0.101. The molecule has 0 amide bonds. The summed E-state index contributed by atoms with van der Waals surface area (Å²) in [6, 6.07) is 2.17. The molecule has 1 aromatic rings. The molecular formula is C14H20F2O2. The first-order valence-corrected chi connectivity index (χ1v) is 5.95. The van der Waals surface area contributed by atoms with Gasteiger partial charge in [-0.3, -0.25) is 0 Å². The Labute approximate surface area is 107 Å². The summed E-state index contributed by atoms with van der Waals surface area (Å²) in [5, 5.41) is 9.96. The Morgan fingerprint density at radius 2 is 1.89 bits per heavy atom. The van der Waals surface area contributed by atoms with Crippen LogP contribution in [0.3, 0.4) is 0 Å². The third-order valence-electron chi connectivity index (χ3n) is 3.21. The van der Waals surface area contributed by atoms with Crippen molar-refractivity contribution in [2.75, 3.05) is 7.11 Å². The first kappa shape index (κ1) is 15.1. The SMILES string of the molecule is COC(C)(C)CCC(O)c1cc(C)c(F)cc1F. The molecule has 1 atom stereocenters. The van der Waals surface area contributed by atoms with Crippen LogP contribution in [0.1, 0.15) is 43.9 Å². The van der Waals surface area contributed by atoms with Crippen molar-refractivity contribution in [1.29, 1.82) is 0 Å². The van der Waals surface area contributed by atoms with Crippen LogP contribution >= 0.6 is 0 Å². The Morgan fingerprint density at radius 3 is 2.44 bits per heavy atom. The first-order valence-electron chi connectivity index (χ1n) is 5.95. The molecule has 0 radical (unpaired) electrons. The van der Waals surface area contributed by atoms with Crippen LogP contribution in [0.2, 0.25) is 0 Å². The lowest BCUT2D eigenvalue weighted by molar-refractivity contribution is 0.00246. The highest BCUT2D eigenvalue weighted by Crippen LogP contribution is 2.27. The van der Waals surface area contributed by atoms with Crippen molar-refractivity contribution in [2.24, 2.45) is 0 Å². The number of ether oxygens (including phenoxy) is 1. The molecule has 0 aliphatic carbocycles. The quantitative estimate of drug-likeness (QED) is 0.875. The van der Waals surface area contributed by atoms with Crippen molar-refractivity contribution < 1.29 is 18.6 Å². The van der Waals surface area contributed by atoms with E-state index in [2.05, 4.69) is 0 Å². The third-order valence-corrected chi connectivity index (χ3v) is 3.21. The molecule has 0 aliphatic heterocycles. The van der Waals surface area contributed by atoms with Crippen LogP contribution in [0.5, 0.6) is 0 Å². The number of methoxy groups -OCH3 is 1. The normalized spacial score (nSPS) is 13.7. The third kappa shape index (κ3) is 3.75. The van der Waals surface area contributed by atoms with E-state index in [4.69, 9.17) is 4.74 Å². The first-order chi connectivity index (χ1) is 8.26. The summed E-state index contributed by atoms with van der Waals surface area (Å²) < 4.78 is 31.9. The van der Waals surface area contributed by atoms with Gasteiger partial charge in [0.25, 0.3) is 0 Å². The fourth-order valence-electron chi connectivity index (χ4n) is 1.68. The standard InChI is InChI=1S/C14H20F2O2/c1-9-7-10(12(16)8-11(9)15)13(17)5-6-14(2,3)18-4/h7-8,13,17H,5-6H2,1-4H3. The van der Waals surface area contributed by atoms with Crippen molar-refractivity contribution in [3.63, 3.8) is 0 Å². The van der Waals surface area contributed by atoms with Crippen molar-refractivity contribution in [2.45, 2.75) is 45.3 Å². The molecule has 0 spiro atoms. The Balaban J connectivity index is 2.79. The Morgan fingerprint density at radius 1 is 1.28 bits per heavy atom. The minimum Gasteiger partial charge on any atom is -0.388 e. The zero-order valence-corrected chi connectivity index (χ0v) is 11.3. The molecular weight excluding hydrogens is 238 g/mol. The smallest absolute Gasteiger partial charge is 0.131 e. The summed E-state index contributed by atoms with van der Waals surface area (Å²) in [6.45, 7) is 5.34. The molecule has 0 bridgehead atoms. The summed E-state index contributed by atoms with van der Waals surface area (Å²) >= 11 is 0. The summed E-state index contributed by atoms with van der Waals surface area (Å²) in [7, 11) is 1.59. The van der Waals surface area contributed by atoms with Gasteiger partial charge in [0, 0.05) is 18.7 Å². The van der Waals surface area contributed by atoms with Gasteiger partial charge >= 0.3 is 0 Å². The molecule has 0 heterocycles. The van der Waals surface area contributed by atoms with Gasteiger partial charge in [-0.15, -0.1) is 0 Å². The topological polar surface area (TPSA) is 29.5 Å². The molecule has 4 heteroatoms. The zero-order valence-electron chi connectivity index (χ0n) is 11.3. The van der Waals surface area contributed by atoms with E-state index in [0.717, 1.165) is 6.07 Å². The molecule has 0 aliphatic rings. The van der Waals surface area contributed by atoms with Crippen LogP contribution in [0.15, 0.2) is 12.1 Å². The van der Waals surface area contributed by atoms with E-state index < -0.39 is 17.7 Å². The number of aryl methyl sites for hydroxylation is 1. The van der Waals surface area contributed by atoms with Crippen LogP contribution < -0.4 is 0 Å². The number of hydrogen-bond acceptors (Lipinski definition) is 2. The van der Waals surface area contributed by atoms with Gasteiger partial charge in [-0.05, 0) is 45.2 Å². The molecule has 2 nitrogen and oxygen atoms in total. The maximum atomic E-state index is 13.6. The number of halogens is 2. The highest BCUT2D eigenvalue weighted by Gasteiger charge is 2.21. The van der Waals surface area contributed by atoms with E-state index in [1.807, 2.05) is 13.8 Å². The van der Waals surface area contributed by atoms with Crippen LogP contribution in [-0.2, 0) is 4.74 Å². The van der Waals surface area contributed by atoms with E-state index in [0.29, 0.717) is 18.4 Å². The largest absolute Gasteiger partial charge is 0.388 e. The molecule has 0 saturated carbocycles. The van der Waals surface area contributed by atoms with E-state index in [9.17, 15) is 13.9 Å². The van der Waals surface area contributed by atoms with Gasteiger partial charge in [-0.25, -0.2) is 8.78 Å². The second-order valence-corrected chi connectivity index (χ2v) is 5.14. The number of aliphatic hydroxyl groups is 1. The van der Waals surface area contributed by atoms with Crippen LogP contribution in [0, 0.1) is 18.6 Å². The lowest BCUT2D eigenvalue weighted by atomic mass is 9.95. The Hall–Kier alpha value is -1.00. The van der Waals surface area contributed by atoms with Gasteiger partial charge in [-0.2, -0.15) is 0 Å². The molecule has 0 aromatic heterocycles. The molecule has 102 valence electrons. The van der Waals surface area contributed by atoms with Crippen molar-refractivity contribution >= 4 is 0 Å². The van der Waals surface area contributed by atoms with Gasteiger partial charge in [-0.1, -0.05) is 0 Å². The summed E-state index contributed by atoms with van der Waals surface area (Å²) in [6.07, 6.45) is 0.00216. The minimum absolute atomic E-state index is 0.140. The highest BCUT2D eigenvalue weighted by molar-refractivity contribution is 5.27. The van der Waals surface area contributed by atoms with Crippen LogP contribution in [-0.4, -0.2) is 17.8 Å². The lowest BCUT2D eigenvalue weighted by Gasteiger charge is -2.24. The van der Waals surface area contributed by atoms with E-state index in [1.165, 1.54) is 6.07 Å². The Bertz CT molecular complexity index is 417. The second kappa shape index (κ2) is 5.76.